The van der Waals surface area contributed by atoms with Crippen molar-refractivity contribution in [1.29, 1.82) is 0 Å². The lowest BCUT2D eigenvalue weighted by Gasteiger charge is -2.19. The smallest absolute Gasteiger partial charge is 0.407 e. The summed E-state index contributed by atoms with van der Waals surface area (Å²) in [5.41, 5.74) is -0.467. The molecule has 0 heterocycles. The van der Waals surface area contributed by atoms with Crippen molar-refractivity contribution in [2.45, 2.75) is 26.4 Å². The highest BCUT2D eigenvalue weighted by Gasteiger charge is 2.15. The molecule has 0 saturated carbocycles. The Hall–Kier alpha value is -1.43. The summed E-state index contributed by atoms with van der Waals surface area (Å²) >= 11 is 2.90. The van der Waals surface area contributed by atoms with E-state index in [0.717, 1.165) is 12.1 Å². The van der Waals surface area contributed by atoms with Gasteiger partial charge in [-0.1, -0.05) is 12.2 Å². The number of carbonyl (C=O) groups is 1. The summed E-state index contributed by atoms with van der Waals surface area (Å²) in [5, 5.41) is 2.48. The van der Waals surface area contributed by atoms with E-state index in [1.54, 1.807) is 20.8 Å². The van der Waals surface area contributed by atoms with Gasteiger partial charge in [0.15, 0.2) is 0 Å². The largest absolute Gasteiger partial charge is 0.444 e. The molecule has 0 fully saturated rings. The quantitative estimate of drug-likeness (QED) is 0.829. The molecule has 0 unspecified atom stereocenters. The van der Waals surface area contributed by atoms with E-state index in [0.29, 0.717) is 0 Å². The molecule has 0 saturated heterocycles. The highest BCUT2D eigenvalue weighted by molar-refractivity contribution is 9.10. The van der Waals surface area contributed by atoms with Gasteiger partial charge < -0.3 is 10.1 Å². The molecule has 1 aromatic carbocycles. The van der Waals surface area contributed by atoms with Crippen LogP contribution in [0.25, 0.3) is 6.08 Å². The molecule has 1 amide bonds. The second-order valence-corrected chi connectivity index (χ2v) is 5.93. The predicted molar refractivity (Wildman–Crippen MR) is 77.3 cm³/mol. The topological polar surface area (TPSA) is 38.3 Å². The summed E-state index contributed by atoms with van der Waals surface area (Å²) in [5.74, 6) is -1.10. The van der Waals surface area contributed by atoms with Gasteiger partial charge >= 0.3 is 6.09 Å². The Balaban J connectivity index is 2.54. The molecule has 3 nitrogen and oxygen atoms in total. The fraction of sp³-hybridized carbons (Fsp3) is 0.357. The second-order valence-electron chi connectivity index (χ2n) is 5.07. The normalized spacial score (nSPS) is 11.7. The average molecular weight is 348 g/mol. The van der Waals surface area contributed by atoms with Crippen molar-refractivity contribution in [3.63, 3.8) is 0 Å². The van der Waals surface area contributed by atoms with Crippen LogP contribution in [0.15, 0.2) is 22.7 Å². The summed E-state index contributed by atoms with van der Waals surface area (Å²) in [6.45, 7) is 5.42. The first-order valence-corrected chi connectivity index (χ1v) is 6.76. The van der Waals surface area contributed by atoms with E-state index in [-0.39, 0.29) is 16.6 Å². The maximum Gasteiger partial charge on any atom is 0.407 e. The van der Waals surface area contributed by atoms with Gasteiger partial charge in [0.2, 0.25) is 0 Å². The standard InChI is InChI=1S/C14H16BrF2NO2/c1-14(2,3)20-13(19)18-6-4-5-9-7-12(17)10(15)8-11(9)16/h4-5,7-8H,6H2,1-3H3,(H,18,19). The third-order valence-electron chi connectivity index (χ3n) is 2.10. The number of benzene rings is 1. The first-order chi connectivity index (χ1) is 9.19. The van der Waals surface area contributed by atoms with Gasteiger partial charge in [-0.05, 0) is 48.8 Å². The van der Waals surface area contributed by atoms with Crippen LogP contribution in [-0.4, -0.2) is 18.2 Å². The van der Waals surface area contributed by atoms with Crippen LogP contribution in [-0.2, 0) is 4.74 Å². The van der Waals surface area contributed by atoms with Crippen molar-refractivity contribution in [3.8, 4) is 0 Å². The number of ether oxygens (including phenoxy) is 1. The van der Waals surface area contributed by atoms with Gasteiger partial charge in [0.1, 0.15) is 17.2 Å². The van der Waals surface area contributed by atoms with Crippen molar-refractivity contribution in [3.05, 3.63) is 39.9 Å². The van der Waals surface area contributed by atoms with E-state index in [2.05, 4.69) is 21.2 Å². The molecule has 0 aliphatic rings. The molecule has 110 valence electrons. The molecule has 0 bridgehead atoms. The van der Waals surface area contributed by atoms with Crippen LogP contribution in [0.2, 0.25) is 0 Å². The number of nitrogens with one attached hydrogen (secondary N) is 1. The Kier molecular flexibility index (Phi) is 5.68. The molecule has 0 aliphatic heterocycles. The summed E-state index contributed by atoms with van der Waals surface area (Å²) in [6.07, 6.45) is 2.34. The molecule has 1 rings (SSSR count). The van der Waals surface area contributed by atoms with Crippen LogP contribution in [0, 0.1) is 11.6 Å². The zero-order chi connectivity index (χ0) is 15.3. The zero-order valence-corrected chi connectivity index (χ0v) is 13.1. The molecule has 0 spiro atoms. The SMILES string of the molecule is CC(C)(C)OC(=O)NCC=Cc1cc(F)c(Br)cc1F. The molecule has 0 atom stereocenters. The van der Waals surface area contributed by atoms with Gasteiger partial charge in [-0.2, -0.15) is 0 Å². The van der Waals surface area contributed by atoms with Gasteiger partial charge in [-0.3, -0.25) is 0 Å². The third kappa shape index (κ3) is 5.69. The second kappa shape index (κ2) is 6.83. The third-order valence-corrected chi connectivity index (χ3v) is 2.71. The number of hydrogen-bond donors (Lipinski definition) is 1. The maximum absolute atomic E-state index is 13.5. The number of carbonyl (C=O) groups excluding carboxylic acids is 1. The fourth-order valence-corrected chi connectivity index (χ4v) is 1.62. The molecular formula is C14H16BrF2NO2. The Morgan fingerprint density at radius 1 is 1.35 bits per heavy atom. The molecule has 0 aromatic heterocycles. The van der Waals surface area contributed by atoms with Gasteiger partial charge in [0, 0.05) is 12.1 Å². The Morgan fingerprint density at radius 3 is 2.60 bits per heavy atom. The van der Waals surface area contributed by atoms with Crippen molar-refractivity contribution in [1.82, 2.24) is 5.32 Å². The molecule has 1 aromatic rings. The minimum absolute atomic E-state index is 0.0685. The number of halogens is 3. The van der Waals surface area contributed by atoms with Gasteiger partial charge in [-0.15, -0.1) is 0 Å². The summed E-state index contributed by atoms with van der Waals surface area (Å²) in [4.78, 5) is 11.3. The van der Waals surface area contributed by atoms with E-state index in [1.165, 1.54) is 12.2 Å². The first kappa shape index (κ1) is 16.6. The molecule has 0 radical (unpaired) electrons. The number of amides is 1. The summed E-state index contributed by atoms with van der Waals surface area (Å²) in [6, 6.07) is 2.12. The maximum atomic E-state index is 13.5. The highest BCUT2D eigenvalue weighted by atomic mass is 79.9. The molecule has 6 heteroatoms. The van der Waals surface area contributed by atoms with Crippen LogP contribution in [0.4, 0.5) is 13.6 Å². The van der Waals surface area contributed by atoms with Gasteiger partial charge in [0.05, 0.1) is 4.47 Å². The minimum atomic E-state index is -0.575. The van der Waals surface area contributed by atoms with E-state index in [9.17, 15) is 13.6 Å². The Labute approximate surface area is 125 Å². The Bertz CT molecular complexity index is 525. The summed E-state index contributed by atoms with van der Waals surface area (Å²) in [7, 11) is 0. The van der Waals surface area contributed by atoms with Crippen molar-refractivity contribution >= 4 is 28.1 Å². The molecule has 20 heavy (non-hydrogen) atoms. The van der Waals surface area contributed by atoms with E-state index >= 15 is 0 Å². The van der Waals surface area contributed by atoms with E-state index < -0.39 is 23.3 Å². The van der Waals surface area contributed by atoms with Gasteiger partial charge in [-0.25, -0.2) is 13.6 Å². The van der Waals surface area contributed by atoms with Crippen molar-refractivity contribution in [2.24, 2.45) is 0 Å². The fourth-order valence-electron chi connectivity index (χ4n) is 1.31. The lowest BCUT2D eigenvalue weighted by Crippen LogP contribution is -2.32. The monoisotopic (exact) mass is 347 g/mol. The lowest BCUT2D eigenvalue weighted by molar-refractivity contribution is 0.0534. The van der Waals surface area contributed by atoms with Crippen LogP contribution in [0.3, 0.4) is 0 Å². The first-order valence-electron chi connectivity index (χ1n) is 5.97. The average Bonchev–Trinajstić information content (AvgIpc) is 2.28. The zero-order valence-electron chi connectivity index (χ0n) is 11.5. The number of alkyl carbamates (subject to hydrolysis) is 1. The molecular weight excluding hydrogens is 332 g/mol. The van der Waals surface area contributed by atoms with Crippen LogP contribution in [0.5, 0.6) is 0 Å². The van der Waals surface area contributed by atoms with Crippen LogP contribution < -0.4 is 5.32 Å². The molecule has 0 aliphatic carbocycles. The minimum Gasteiger partial charge on any atom is -0.444 e. The predicted octanol–water partition coefficient (Wildman–Crippen LogP) is 4.27. The van der Waals surface area contributed by atoms with Gasteiger partial charge in [0.25, 0.3) is 0 Å². The Morgan fingerprint density at radius 2 is 2.00 bits per heavy atom. The molecule has 1 N–H and O–H groups in total. The lowest BCUT2D eigenvalue weighted by atomic mass is 10.2. The van der Waals surface area contributed by atoms with Crippen LogP contribution in [0.1, 0.15) is 26.3 Å². The van der Waals surface area contributed by atoms with Crippen molar-refractivity contribution in [2.75, 3.05) is 6.54 Å². The summed E-state index contributed by atoms with van der Waals surface area (Å²) < 4.78 is 31.8. The number of rotatable bonds is 3. The highest BCUT2D eigenvalue weighted by Crippen LogP contribution is 2.20. The number of hydrogen-bond acceptors (Lipinski definition) is 2. The van der Waals surface area contributed by atoms with Crippen molar-refractivity contribution < 1.29 is 18.3 Å². The van der Waals surface area contributed by atoms with E-state index in [1.807, 2.05) is 0 Å². The van der Waals surface area contributed by atoms with Crippen LogP contribution >= 0.6 is 15.9 Å². The van der Waals surface area contributed by atoms with E-state index in [4.69, 9.17) is 4.74 Å².